The molecule has 0 saturated carbocycles. The first kappa shape index (κ1) is 16.1. The first-order valence-electron chi connectivity index (χ1n) is 7.24. The van der Waals surface area contributed by atoms with E-state index in [2.05, 4.69) is 27.4 Å². The number of hydrogen-bond acceptors (Lipinski definition) is 6. The van der Waals surface area contributed by atoms with E-state index in [1.54, 1.807) is 47.2 Å². The lowest BCUT2D eigenvalue weighted by molar-refractivity contribution is 0.373. The molecule has 0 radical (unpaired) electrons. The normalized spacial score (nSPS) is 11.0. The van der Waals surface area contributed by atoms with Crippen molar-refractivity contribution in [3.63, 3.8) is 0 Å². The molecule has 2 aromatic carbocycles. The second kappa shape index (κ2) is 7.65. The van der Waals surface area contributed by atoms with Crippen LogP contribution in [0.25, 0.3) is 0 Å². The zero-order valence-electron chi connectivity index (χ0n) is 13.0. The molecule has 24 heavy (non-hydrogen) atoms. The Hall–Kier alpha value is -2.80. The van der Waals surface area contributed by atoms with Crippen LogP contribution in [0.1, 0.15) is 11.1 Å². The Balaban J connectivity index is 1.71. The van der Waals surface area contributed by atoms with Crippen molar-refractivity contribution in [3.05, 3.63) is 66.0 Å². The van der Waals surface area contributed by atoms with Gasteiger partial charge in [-0.1, -0.05) is 42.1 Å². The standard InChI is InChI=1S/C17H16N4O2S/c1-23-16-9-14(7-8-15(16)22)10-19-21-12-18-20-17(21)24-11-13-5-3-2-4-6-13/h2-10,12,22H,11H2,1H3/b19-10-. The molecule has 3 aromatic rings. The third-order valence-corrected chi connectivity index (χ3v) is 4.25. The predicted octanol–water partition coefficient (Wildman–Crippen LogP) is 3.17. The molecule has 0 aliphatic heterocycles. The lowest BCUT2D eigenvalue weighted by Crippen LogP contribution is -1.93. The highest BCUT2D eigenvalue weighted by molar-refractivity contribution is 7.98. The molecule has 1 heterocycles. The molecule has 0 amide bonds. The topological polar surface area (TPSA) is 72.5 Å². The van der Waals surface area contributed by atoms with Crippen molar-refractivity contribution in [3.8, 4) is 11.5 Å². The van der Waals surface area contributed by atoms with Crippen LogP contribution < -0.4 is 4.74 Å². The highest BCUT2D eigenvalue weighted by Gasteiger charge is 2.05. The molecule has 7 heteroatoms. The molecule has 0 atom stereocenters. The molecular formula is C17H16N4O2S. The molecule has 0 fully saturated rings. The number of aromatic hydroxyl groups is 1. The fourth-order valence-corrected chi connectivity index (χ4v) is 2.84. The number of aromatic nitrogens is 3. The highest BCUT2D eigenvalue weighted by atomic mass is 32.2. The van der Waals surface area contributed by atoms with Gasteiger partial charge in [-0.2, -0.15) is 9.78 Å². The van der Waals surface area contributed by atoms with Crippen molar-refractivity contribution in [2.24, 2.45) is 5.10 Å². The van der Waals surface area contributed by atoms with Gasteiger partial charge in [-0.05, 0) is 29.3 Å². The van der Waals surface area contributed by atoms with E-state index < -0.39 is 0 Å². The van der Waals surface area contributed by atoms with Gasteiger partial charge in [0.2, 0.25) is 5.16 Å². The van der Waals surface area contributed by atoms with E-state index in [1.807, 2.05) is 18.2 Å². The quantitative estimate of drug-likeness (QED) is 0.551. The van der Waals surface area contributed by atoms with Gasteiger partial charge in [-0.3, -0.25) is 0 Å². The summed E-state index contributed by atoms with van der Waals surface area (Å²) < 4.78 is 6.70. The van der Waals surface area contributed by atoms with Gasteiger partial charge in [-0.25, -0.2) is 0 Å². The summed E-state index contributed by atoms with van der Waals surface area (Å²) in [5.41, 5.74) is 2.02. The van der Waals surface area contributed by atoms with Crippen LogP contribution in [0, 0.1) is 0 Å². The number of hydrogen-bond donors (Lipinski definition) is 1. The van der Waals surface area contributed by atoms with E-state index in [9.17, 15) is 5.11 Å². The average Bonchev–Trinajstić information content (AvgIpc) is 3.07. The van der Waals surface area contributed by atoms with Crippen LogP contribution >= 0.6 is 11.8 Å². The molecule has 0 aliphatic carbocycles. The minimum atomic E-state index is 0.0954. The van der Waals surface area contributed by atoms with Crippen LogP contribution in [0.4, 0.5) is 0 Å². The Morgan fingerprint density at radius 1 is 1.25 bits per heavy atom. The second-order valence-corrected chi connectivity index (χ2v) is 5.85. The summed E-state index contributed by atoms with van der Waals surface area (Å²) >= 11 is 1.56. The number of thioether (sulfide) groups is 1. The van der Waals surface area contributed by atoms with Crippen molar-refractivity contribution in [1.82, 2.24) is 14.9 Å². The molecular weight excluding hydrogens is 324 g/mol. The number of methoxy groups -OCH3 is 1. The SMILES string of the molecule is COc1cc(/C=N\n2cnnc2SCc2ccccc2)ccc1O. The Morgan fingerprint density at radius 3 is 2.88 bits per heavy atom. The van der Waals surface area contributed by atoms with Crippen molar-refractivity contribution in [1.29, 1.82) is 0 Å². The molecule has 122 valence electrons. The van der Waals surface area contributed by atoms with Crippen LogP contribution in [0.5, 0.6) is 11.5 Å². The minimum absolute atomic E-state index is 0.0954. The summed E-state index contributed by atoms with van der Waals surface area (Å²) in [6, 6.07) is 15.2. The van der Waals surface area contributed by atoms with E-state index in [1.165, 1.54) is 12.7 Å². The maximum atomic E-state index is 9.61. The van der Waals surface area contributed by atoms with Crippen LogP contribution in [-0.2, 0) is 5.75 Å². The third-order valence-electron chi connectivity index (χ3n) is 3.25. The first-order chi connectivity index (χ1) is 11.8. The molecule has 1 N–H and O–H groups in total. The van der Waals surface area contributed by atoms with E-state index in [-0.39, 0.29) is 5.75 Å². The minimum Gasteiger partial charge on any atom is -0.504 e. The van der Waals surface area contributed by atoms with E-state index in [0.717, 1.165) is 11.3 Å². The smallest absolute Gasteiger partial charge is 0.212 e. The molecule has 0 unspecified atom stereocenters. The summed E-state index contributed by atoms with van der Waals surface area (Å²) in [5.74, 6) is 1.29. The number of nitrogens with zero attached hydrogens (tertiary/aromatic N) is 4. The molecule has 3 rings (SSSR count). The van der Waals surface area contributed by atoms with Gasteiger partial charge in [0.1, 0.15) is 6.33 Å². The van der Waals surface area contributed by atoms with Crippen molar-refractivity contribution in [2.45, 2.75) is 10.9 Å². The van der Waals surface area contributed by atoms with E-state index in [4.69, 9.17) is 4.74 Å². The van der Waals surface area contributed by atoms with Crippen LogP contribution in [0.3, 0.4) is 0 Å². The average molecular weight is 340 g/mol. The Labute approximate surface area is 143 Å². The summed E-state index contributed by atoms with van der Waals surface area (Å²) in [5, 5.41) is 22.7. The number of phenols is 1. The molecule has 0 bridgehead atoms. The Bertz CT molecular complexity index is 834. The monoisotopic (exact) mass is 340 g/mol. The fraction of sp³-hybridized carbons (Fsp3) is 0.118. The van der Waals surface area contributed by atoms with E-state index in [0.29, 0.717) is 10.9 Å². The number of ether oxygens (including phenoxy) is 1. The highest BCUT2D eigenvalue weighted by Crippen LogP contribution is 2.25. The number of phenolic OH excluding ortho intramolecular Hbond substituents is 1. The first-order valence-corrected chi connectivity index (χ1v) is 8.23. The molecule has 0 spiro atoms. The number of rotatable bonds is 6. The lowest BCUT2D eigenvalue weighted by Gasteiger charge is -2.04. The van der Waals surface area contributed by atoms with Gasteiger partial charge in [0.15, 0.2) is 11.5 Å². The van der Waals surface area contributed by atoms with Gasteiger partial charge in [0, 0.05) is 5.75 Å². The summed E-state index contributed by atoms with van der Waals surface area (Å²) in [6.45, 7) is 0. The fourth-order valence-electron chi connectivity index (χ4n) is 2.02. The molecule has 0 aliphatic rings. The summed E-state index contributed by atoms with van der Waals surface area (Å²) in [7, 11) is 1.51. The van der Waals surface area contributed by atoms with Gasteiger partial charge < -0.3 is 9.84 Å². The van der Waals surface area contributed by atoms with Crippen LogP contribution in [0.15, 0.2) is 65.1 Å². The van der Waals surface area contributed by atoms with Crippen LogP contribution in [-0.4, -0.2) is 33.3 Å². The van der Waals surface area contributed by atoms with Crippen molar-refractivity contribution in [2.75, 3.05) is 7.11 Å². The maximum absolute atomic E-state index is 9.61. The predicted molar refractivity (Wildman–Crippen MR) is 93.7 cm³/mol. The summed E-state index contributed by atoms with van der Waals surface area (Å²) in [6.07, 6.45) is 3.22. The Morgan fingerprint density at radius 2 is 2.08 bits per heavy atom. The van der Waals surface area contributed by atoms with Gasteiger partial charge in [-0.15, -0.1) is 10.2 Å². The van der Waals surface area contributed by atoms with E-state index >= 15 is 0 Å². The zero-order chi connectivity index (χ0) is 16.8. The molecule has 0 saturated heterocycles. The van der Waals surface area contributed by atoms with Gasteiger partial charge in [0.05, 0.1) is 13.3 Å². The largest absolute Gasteiger partial charge is 0.504 e. The summed E-state index contributed by atoms with van der Waals surface area (Å²) in [4.78, 5) is 0. The second-order valence-electron chi connectivity index (χ2n) is 4.91. The Kier molecular flexibility index (Phi) is 5.12. The number of benzene rings is 2. The van der Waals surface area contributed by atoms with Gasteiger partial charge in [0.25, 0.3) is 0 Å². The lowest BCUT2D eigenvalue weighted by atomic mass is 10.2. The third kappa shape index (κ3) is 3.94. The maximum Gasteiger partial charge on any atom is 0.212 e. The molecule has 6 nitrogen and oxygen atoms in total. The van der Waals surface area contributed by atoms with Crippen molar-refractivity contribution >= 4 is 18.0 Å². The van der Waals surface area contributed by atoms with Gasteiger partial charge >= 0.3 is 0 Å². The van der Waals surface area contributed by atoms with Crippen molar-refractivity contribution < 1.29 is 9.84 Å². The zero-order valence-corrected chi connectivity index (χ0v) is 13.8. The molecule has 1 aromatic heterocycles. The van der Waals surface area contributed by atoms with Crippen LogP contribution in [0.2, 0.25) is 0 Å².